The number of anilines is 1. The summed E-state index contributed by atoms with van der Waals surface area (Å²) in [5.41, 5.74) is 4.64. The van der Waals surface area contributed by atoms with Crippen molar-refractivity contribution in [3.05, 3.63) is 94.7 Å². The Kier molecular flexibility index (Phi) is 14.1. The van der Waals surface area contributed by atoms with Crippen LogP contribution < -0.4 is 4.90 Å². The van der Waals surface area contributed by atoms with Crippen LogP contribution in [0.25, 0.3) is 0 Å². The molecule has 16 heteroatoms. The second-order valence-corrected chi connectivity index (χ2v) is 19.5. The molecule has 0 aliphatic carbocycles. The average Bonchev–Trinajstić information content (AvgIpc) is 3.42. The number of fused-ring (bicyclic) bond motifs is 2. The minimum Gasteiger partial charge on any atom is -0.462 e. The Labute approximate surface area is 325 Å². The predicted octanol–water partition coefficient (Wildman–Crippen LogP) is 6.33. The van der Waals surface area contributed by atoms with Gasteiger partial charge in [-0.15, -0.1) is 0 Å². The summed E-state index contributed by atoms with van der Waals surface area (Å²) in [5, 5.41) is 0. The van der Waals surface area contributed by atoms with Crippen molar-refractivity contribution in [2.75, 3.05) is 41.9 Å². The smallest absolute Gasteiger partial charge is 0.338 e. The molecule has 2 aromatic rings. The van der Waals surface area contributed by atoms with E-state index < -0.39 is 64.4 Å². The molecule has 55 heavy (non-hydrogen) atoms. The van der Waals surface area contributed by atoms with E-state index in [0.717, 1.165) is 52.3 Å². The Morgan fingerprint density at radius 3 is 2.15 bits per heavy atom. The summed E-state index contributed by atoms with van der Waals surface area (Å²) in [7, 11) is -12.6. The molecule has 2 aliphatic rings. The number of hydrogen-bond acceptors (Lipinski definition) is 9. The average molecular weight is 822 g/mol. The van der Waals surface area contributed by atoms with Crippen molar-refractivity contribution in [3.8, 4) is 0 Å². The molecule has 4 rings (SSSR count). The fourth-order valence-corrected chi connectivity index (χ4v) is 9.11. The maximum atomic E-state index is 13.4. The van der Waals surface area contributed by atoms with Crippen LogP contribution in [0.4, 0.5) is 11.4 Å². The molecule has 302 valence electrons. The molecule has 0 radical (unpaired) electrons. The van der Waals surface area contributed by atoms with Crippen molar-refractivity contribution in [2.24, 2.45) is 0 Å². The molecule has 2 heterocycles. The van der Waals surface area contributed by atoms with Gasteiger partial charge in [-0.1, -0.05) is 49.8 Å². The van der Waals surface area contributed by atoms with Gasteiger partial charge in [0.2, 0.25) is 5.69 Å². The molecule has 1 atom stereocenters. The number of unbranched alkanes of at least 4 members (excludes halogenated alkanes) is 1. The number of carbonyl (C=O) groups is 1. The highest BCUT2D eigenvalue weighted by Gasteiger charge is 2.47. The Morgan fingerprint density at radius 1 is 0.855 bits per heavy atom. The van der Waals surface area contributed by atoms with Crippen LogP contribution in [0.3, 0.4) is 0 Å². The Hall–Kier alpha value is -3.67. The molecule has 0 spiro atoms. The summed E-state index contributed by atoms with van der Waals surface area (Å²) in [4.78, 5) is 15.4. The maximum Gasteiger partial charge on any atom is 0.338 e. The Morgan fingerprint density at radius 2 is 1.49 bits per heavy atom. The number of ether oxygens (including phenoxy) is 1. The first-order valence-electron chi connectivity index (χ1n) is 18.3. The second-order valence-electron chi connectivity index (χ2n) is 14.8. The lowest BCUT2D eigenvalue weighted by Crippen LogP contribution is -2.30. The van der Waals surface area contributed by atoms with Crippen LogP contribution in [0.5, 0.6) is 0 Å². The van der Waals surface area contributed by atoms with E-state index in [1.165, 1.54) is 0 Å². The lowest BCUT2D eigenvalue weighted by atomic mass is 9.77. The van der Waals surface area contributed by atoms with E-state index in [2.05, 4.69) is 0 Å². The normalized spacial score (nSPS) is 19.2. The summed E-state index contributed by atoms with van der Waals surface area (Å²) in [6.45, 7) is 10.6. The quantitative estimate of drug-likeness (QED) is 0.0470. The first-order chi connectivity index (χ1) is 25.6. The maximum absolute atomic E-state index is 13.4. The Balaban J connectivity index is 1.75. The van der Waals surface area contributed by atoms with Crippen LogP contribution in [0.2, 0.25) is 0 Å². The van der Waals surface area contributed by atoms with Crippen molar-refractivity contribution >= 4 is 53.4 Å². The van der Waals surface area contributed by atoms with Gasteiger partial charge in [-0.25, -0.2) is 4.79 Å². The van der Waals surface area contributed by atoms with Crippen molar-refractivity contribution in [1.29, 1.82) is 0 Å². The zero-order chi connectivity index (χ0) is 40.8. The van der Waals surface area contributed by atoms with Crippen molar-refractivity contribution < 1.29 is 53.0 Å². The Bertz CT molecular complexity index is 2220. The number of hydrogen-bond donors (Lipinski definition) is 3. The van der Waals surface area contributed by atoms with Crippen LogP contribution in [0, 0.1) is 6.92 Å². The van der Waals surface area contributed by atoms with Gasteiger partial charge in [-0.05, 0) is 82.7 Å². The topological polar surface area (TPSA) is 196 Å². The van der Waals surface area contributed by atoms with E-state index in [9.17, 15) is 43.7 Å². The number of nitrogens with zero attached hydrogens (tertiary/aromatic N) is 2. The summed E-state index contributed by atoms with van der Waals surface area (Å²) in [5.74, 6) is -1.73. The van der Waals surface area contributed by atoms with Gasteiger partial charge in [0.05, 0.1) is 40.4 Å². The first-order valence-corrected chi connectivity index (χ1v) is 23.2. The molecular formula is C39H53N2O11S3+. The van der Waals surface area contributed by atoms with Crippen LogP contribution in [0.1, 0.15) is 93.3 Å². The highest BCUT2D eigenvalue weighted by Crippen LogP contribution is 2.50. The highest BCUT2D eigenvalue weighted by atomic mass is 32.2. The molecule has 0 aromatic heterocycles. The second kappa shape index (κ2) is 17.6. The summed E-state index contributed by atoms with van der Waals surface area (Å²) in [6, 6.07) is 11.3. The van der Waals surface area contributed by atoms with Gasteiger partial charge >= 0.3 is 5.97 Å². The van der Waals surface area contributed by atoms with Gasteiger partial charge in [0, 0.05) is 41.9 Å². The SMILES string of the molecule is CCCCOC(=O)c1cc(C)cc2c1C(C)(C)C(C=CC=CC=C1N(CCCS(=O)(=O)O)c3ccccc3C1(C)CCCS(=O)(=O)O)=[N+]2CCCS(=O)(=O)O. The molecule has 0 bridgehead atoms. The van der Waals surface area contributed by atoms with Gasteiger partial charge < -0.3 is 9.64 Å². The lowest BCUT2D eigenvalue weighted by molar-refractivity contribution is -0.437. The van der Waals surface area contributed by atoms with E-state index in [1.54, 1.807) is 12.1 Å². The van der Waals surface area contributed by atoms with Crippen molar-refractivity contribution in [3.63, 3.8) is 0 Å². The fraction of sp³-hybridized carbons (Fsp3) is 0.487. The van der Waals surface area contributed by atoms with Gasteiger partial charge in [-0.3, -0.25) is 13.7 Å². The third-order valence-corrected chi connectivity index (χ3v) is 12.5. The summed E-state index contributed by atoms with van der Waals surface area (Å²) < 4.78 is 106. The third-order valence-electron chi connectivity index (χ3n) is 10.1. The zero-order valence-corrected chi connectivity index (χ0v) is 34.5. The molecule has 0 amide bonds. The molecule has 13 nitrogen and oxygen atoms in total. The number of benzene rings is 2. The molecule has 0 saturated heterocycles. The largest absolute Gasteiger partial charge is 0.462 e. The van der Waals surface area contributed by atoms with Gasteiger partial charge in [0.15, 0.2) is 5.71 Å². The summed E-state index contributed by atoms with van der Waals surface area (Å²) in [6.07, 6.45) is 11.6. The number of rotatable bonds is 19. The molecule has 1 unspecified atom stereocenters. The number of allylic oxidation sites excluding steroid dienone is 6. The van der Waals surface area contributed by atoms with Gasteiger partial charge in [-0.2, -0.15) is 29.8 Å². The molecule has 0 fully saturated rings. The molecule has 2 aromatic carbocycles. The van der Waals surface area contributed by atoms with E-state index in [0.29, 0.717) is 12.0 Å². The molecule has 2 aliphatic heterocycles. The number of aryl methyl sites for hydroxylation is 1. The van der Waals surface area contributed by atoms with Crippen molar-refractivity contribution in [2.45, 2.75) is 84.0 Å². The number of carbonyl (C=O) groups excluding carboxylic acids is 1. The minimum absolute atomic E-state index is 0.127. The first kappa shape index (κ1) is 44.0. The monoisotopic (exact) mass is 821 g/mol. The highest BCUT2D eigenvalue weighted by molar-refractivity contribution is 7.86. The van der Waals surface area contributed by atoms with Crippen LogP contribution in [-0.4, -0.2) is 92.1 Å². The van der Waals surface area contributed by atoms with Crippen LogP contribution in [0.15, 0.2) is 72.5 Å². The number of esters is 1. The van der Waals surface area contributed by atoms with Gasteiger partial charge in [0.1, 0.15) is 6.54 Å². The standard InChI is InChI=1S/C39H52N2O11S3/c1-6-7-23-52-37(42)30-27-29(2)28-33-36(30)38(3,4)34(41(33)22-15-26-55(49,50)51)18-9-8-10-19-35-39(5,20-13-24-53(43,44)45)31-16-11-12-17-32(31)40(35)21-14-25-54(46,47)48/h8-12,16-19,27-28H,6-7,13-15,20-26H2,1-5H3,(H2-,43,44,45,46,47,48,49,50,51)/p+1. The van der Waals surface area contributed by atoms with E-state index in [-0.39, 0.29) is 39.0 Å². The fourth-order valence-electron chi connectivity index (χ4n) is 7.61. The summed E-state index contributed by atoms with van der Waals surface area (Å²) >= 11 is 0. The number of para-hydroxylation sites is 1. The van der Waals surface area contributed by atoms with E-state index in [4.69, 9.17) is 4.74 Å². The molecule has 0 saturated carbocycles. The van der Waals surface area contributed by atoms with Crippen LogP contribution >= 0.6 is 0 Å². The van der Waals surface area contributed by atoms with Crippen LogP contribution in [-0.2, 0) is 45.9 Å². The van der Waals surface area contributed by atoms with Gasteiger partial charge in [0.25, 0.3) is 30.4 Å². The molecular weight excluding hydrogens is 769 g/mol. The van der Waals surface area contributed by atoms with E-state index >= 15 is 0 Å². The predicted molar refractivity (Wildman–Crippen MR) is 214 cm³/mol. The minimum atomic E-state index is -4.21. The van der Waals surface area contributed by atoms with E-state index in [1.807, 2.05) is 98.7 Å². The zero-order valence-electron chi connectivity index (χ0n) is 32.1. The lowest BCUT2D eigenvalue weighted by Gasteiger charge is -2.30. The third kappa shape index (κ3) is 11.2. The van der Waals surface area contributed by atoms with Crippen molar-refractivity contribution in [1.82, 2.24) is 0 Å². The molecule has 3 N–H and O–H groups in total.